The topological polar surface area (TPSA) is 87.5 Å². The van der Waals surface area contributed by atoms with Crippen molar-refractivity contribution in [2.75, 3.05) is 7.05 Å². The Bertz CT molecular complexity index is 493. The molecule has 0 unspecified atom stereocenters. The van der Waals surface area contributed by atoms with Crippen molar-refractivity contribution in [3.8, 4) is 0 Å². The van der Waals surface area contributed by atoms with Crippen LogP contribution >= 0.6 is 0 Å². The molecule has 19 heavy (non-hydrogen) atoms. The molecule has 7 heteroatoms. The number of carbonyl (C=O) groups is 2. The van der Waals surface area contributed by atoms with Crippen molar-refractivity contribution in [3.63, 3.8) is 0 Å². The van der Waals surface area contributed by atoms with E-state index in [4.69, 9.17) is 5.11 Å². The predicted octanol–water partition coefficient (Wildman–Crippen LogP) is 0.569. The summed E-state index contributed by atoms with van der Waals surface area (Å²) in [5.41, 5.74) is -1.08. The van der Waals surface area contributed by atoms with Crippen LogP contribution in [0.1, 0.15) is 25.1 Å². The summed E-state index contributed by atoms with van der Waals surface area (Å²) in [5.74, 6) is -0.215. The molecular weight excluding hydrogens is 248 g/mol. The summed E-state index contributed by atoms with van der Waals surface area (Å²) < 4.78 is 1.82. The number of hydrogen-bond acceptors (Lipinski definition) is 3. The number of carboxylic acids is 1. The number of carbonyl (C=O) groups excluding carboxylic acids is 1. The number of carboxylic acid groups (broad SMARTS) is 1. The van der Waals surface area contributed by atoms with E-state index in [-0.39, 0.29) is 6.03 Å². The smallest absolute Gasteiger partial charge is 0.329 e. The van der Waals surface area contributed by atoms with Crippen LogP contribution in [-0.2, 0) is 18.4 Å². The molecule has 1 saturated carbocycles. The fourth-order valence-corrected chi connectivity index (χ4v) is 2.06. The first-order valence-electron chi connectivity index (χ1n) is 6.17. The Morgan fingerprint density at radius 3 is 2.68 bits per heavy atom. The second-order valence-electron chi connectivity index (χ2n) is 4.98. The number of urea groups is 1. The Kier molecular flexibility index (Phi) is 3.46. The molecule has 1 heterocycles. The summed E-state index contributed by atoms with van der Waals surface area (Å²) >= 11 is 0. The molecule has 0 atom stereocenters. The fourth-order valence-electron chi connectivity index (χ4n) is 2.06. The second-order valence-corrected chi connectivity index (χ2v) is 4.98. The fraction of sp³-hybridized carbons (Fsp3) is 0.583. The number of hydrogen-bond donors (Lipinski definition) is 2. The van der Waals surface area contributed by atoms with Crippen molar-refractivity contribution in [2.24, 2.45) is 7.05 Å². The van der Waals surface area contributed by atoms with Gasteiger partial charge in [-0.05, 0) is 19.3 Å². The quantitative estimate of drug-likeness (QED) is 0.834. The van der Waals surface area contributed by atoms with E-state index in [1.54, 1.807) is 19.4 Å². The van der Waals surface area contributed by atoms with Crippen molar-refractivity contribution in [2.45, 2.75) is 31.3 Å². The number of nitrogens with zero attached hydrogens (tertiary/aromatic N) is 3. The number of rotatable bonds is 4. The SMILES string of the molecule is CN(Cc1nccn1C)C(=O)NC1(C(=O)O)CCC1. The van der Waals surface area contributed by atoms with Crippen LogP contribution < -0.4 is 5.32 Å². The number of aryl methyl sites for hydroxylation is 1. The highest BCUT2D eigenvalue weighted by atomic mass is 16.4. The van der Waals surface area contributed by atoms with E-state index in [1.807, 2.05) is 11.6 Å². The Morgan fingerprint density at radius 1 is 1.58 bits per heavy atom. The predicted molar refractivity (Wildman–Crippen MR) is 67.4 cm³/mol. The normalized spacial score (nSPS) is 16.5. The van der Waals surface area contributed by atoms with Gasteiger partial charge < -0.3 is 19.9 Å². The standard InChI is InChI=1S/C12H18N4O3/c1-15-7-6-13-9(15)8-16(2)11(19)14-12(10(17)18)4-3-5-12/h6-7H,3-5,8H2,1-2H3,(H,14,19)(H,17,18). The molecule has 2 N–H and O–H groups in total. The number of amides is 2. The summed E-state index contributed by atoms with van der Waals surface area (Å²) in [4.78, 5) is 28.8. The summed E-state index contributed by atoms with van der Waals surface area (Å²) in [7, 11) is 3.47. The van der Waals surface area contributed by atoms with Crippen LogP contribution in [0, 0.1) is 0 Å². The summed E-state index contributed by atoms with van der Waals surface area (Å²) in [5, 5.41) is 11.8. The first kappa shape index (κ1) is 13.4. The van der Waals surface area contributed by atoms with Gasteiger partial charge in [-0.2, -0.15) is 0 Å². The molecule has 2 rings (SSSR count). The first-order valence-corrected chi connectivity index (χ1v) is 6.17. The summed E-state index contributed by atoms with van der Waals surface area (Å²) in [6.07, 6.45) is 5.27. The molecule has 1 aliphatic rings. The lowest BCUT2D eigenvalue weighted by Crippen LogP contribution is -2.61. The molecule has 1 aromatic rings. The molecule has 1 fully saturated rings. The van der Waals surface area contributed by atoms with E-state index in [1.165, 1.54) is 4.90 Å². The van der Waals surface area contributed by atoms with Crippen LogP contribution in [-0.4, -0.2) is 44.1 Å². The molecule has 104 valence electrons. The maximum Gasteiger partial charge on any atom is 0.329 e. The molecule has 1 aromatic heterocycles. The summed E-state index contributed by atoms with van der Waals surface area (Å²) in [6.45, 7) is 0.338. The second kappa shape index (κ2) is 4.91. The van der Waals surface area contributed by atoms with Gasteiger partial charge in [0.2, 0.25) is 0 Å². The monoisotopic (exact) mass is 266 g/mol. The average molecular weight is 266 g/mol. The zero-order valence-electron chi connectivity index (χ0n) is 11.1. The third-order valence-corrected chi connectivity index (χ3v) is 3.61. The third-order valence-electron chi connectivity index (χ3n) is 3.61. The molecule has 7 nitrogen and oxygen atoms in total. The number of aliphatic carboxylic acids is 1. The molecule has 0 bridgehead atoms. The van der Waals surface area contributed by atoms with Crippen LogP contribution in [0.3, 0.4) is 0 Å². The van der Waals surface area contributed by atoms with Gasteiger partial charge in [-0.3, -0.25) is 0 Å². The van der Waals surface area contributed by atoms with Gasteiger partial charge in [0, 0.05) is 26.5 Å². The van der Waals surface area contributed by atoms with Gasteiger partial charge in [0.15, 0.2) is 0 Å². The largest absolute Gasteiger partial charge is 0.480 e. The van der Waals surface area contributed by atoms with E-state index in [0.29, 0.717) is 19.4 Å². The zero-order valence-corrected chi connectivity index (χ0v) is 11.1. The average Bonchev–Trinajstić information content (AvgIpc) is 2.68. The molecule has 0 aliphatic heterocycles. The lowest BCUT2D eigenvalue weighted by atomic mass is 9.77. The van der Waals surface area contributed by atoms with Gasteiger partial charge >= 0.3 is 12.0 Å². The highest BCUT2D eigenvalue weighted by Gasteiger charge is 2.46. The van der Waals surface area contributed by atoms with Crippen LogP contribution in [0.5, 0.6) is 0 Å². The van der Waals surface area contributed by atoms with Gasteiger partial charge in [-0.15, -0.1) is 0 Å². The molecule has 0 spiro atoms. The molecule has 0 aromatic carbocycles. The zero-order chi connectivity index (χ0) is 14.0. The molecular formula is C12H18N4O3. The van der Waals surface area contributed by atoms with Crippen LogP contribution in [0.25, 0.3) is 0 Å². The van der Waals surface area contributed by atoms with E-state index in [0.717, 1.165) is 12.2 Å². The van der Waals surface area contributed by atoms with Gasteiger partial charge in [0.1, 0.15) is 11.4 Å². The highest BCUT2D eigenvalue weighted by Crippen LogP contribution is 2.32. The van der Waals surface area contributed by atoms with Crippen molar-refractivity contribution < 1.29 is 14.7 Å². The minimum atomic E-state index is -1.08. The van der Waals surface area contributed by atoms with E-state index in [9.17, 15) is 9.59 Å². The molecule has 0 radical (unpaired) electrons. The Labute approximate surface area is 111 Å². The number of aromatic nitrogens is 2. The Hall–Kier alpha value is -2.05. The molecule has 2 amide bonds. The van der Waals surface area contributed by atoms with Crippen LogP contribution in [0.2, 0.25) is 0 Å². The van der Waals surface area contributed by atoms with Crippen LogP contribution in [0.15, 0.2) is 12.4 Å². The van der Waals surface area contributed by atoms with Crippen molar-refractivity contribution in [1.82, 2.24) is 19.8 Å². The third kappa shape index (κ3) is 2.54. The van der Waals surface area contributed by atoms with E-state index in [2.05, 4.69) is 10.3 Å². The molecule has 1 aliphatic carbocycles. The maximum absolute atomic E-state index is 12.0. The van der Waals surface area contributed by atoms with Crippen LogP contribution in [0.4, 0.5) is 4.79 Å². The van der Waals surface area contributed by atoms with Gasteiger partial charge in [-0.25, -0.2) is 14.6 Å². The minimum Gasteiger partial charge on any atom is -0.480 e. The van der Waals surface area contributed by atoms with Crippen molar-refractivity contribution in [1.29, 1.82) is 0 Å². The van der Waals surface area contributed by atoms with Gasteiger partial charge in [0.25, 0.3) is 0 Å². The number of imidazole rings is 1. The van der Waals surface area contributed by atoms with Gasteiger partial charge in [-0.1, -0.05) is 0 Å². The number of nitrogens with one attached hydrogen (secondary N) is 1. The van der Waals surface area contributed by atoms with Crippen molar-refractivity contribution >= 4 is 12.0 Å². The van der Waals surface area contributed by atoms with E-state index < -0.39 is 11.5 Å². The van der Waals surface area contributed by atoms with Gasteiger partial charge in [0.05, 0.1) is 6.54 Å². The lowest BCUT2D eigenvalue weighted by Gasteiger charge is -2.39. The van der Waals surface area contributed by atoms with E-state index >= 15 is 0 Å². The van der Waals surface area contributed by atoms with Crippen molar-refractivity contribution in [3.05, 3.63) is 18.2 Å². The highest BCUT2D eigenvalue weighted by molar-refractivity contribution is 5.87. The minimum absolute atomic E-state index is 0.338. The first-order chi connectivity index (χ1) is 8.94. The lowest BCUT2D eigenvalue weighted by molar-refractivity contribution is -0.148. The maximum atomic E-state index is 12.0. The summed E-state index contributed by atoms with van der Waals surface area (Å²) in [6, 6.07) is -0.384. The Balaban J connectivity index is 1.96. The Morgan fingerprint density at radius 2 is 2.26 bits per heavy atom. The molecule has 0 saturated heterocycles.